The fourth-order valence-electron chi connectivity index (χ4n) is 3.65. The van der Waals surface area contributed by atoms with Crippen molar-refractivity contribution in [1.29, 1.82) is 0 Å². The van der Waals surface area contributed by atoms with E-state index in [-0.39, 0.29) is 6.09 Å². The second kappa shape index (κ2) is 6.63. The molecule has 0 aromatic carbocycles. The highest BCUT2D eigenvalue weighted by atomic mass is 127. The van der Waals surface area contributed by atoms with Gasteiger partial charge in [0, 0.05) is 18.1 Å². The van der Waals surface area contributed by atoms with Crippen LogP contribution in [0.4, 0.5) is 4.79 Å². The van der Waals surface area contributed by atoms with Crippen molar-refractivity contribution in [2.24, 2.45) is 0 Å². The van der Waals surface area contributed by atoms with Gasteiger partial charge in [0.1, 0.15) is 11.4 Å². The molecule has 2 bridgehead atoms. The number of amides is 1. The Morgan fingerprint density at radius 3 is 2.52 bits per heavy atom. The van der Waals surface area contributed by atoms with E-state index >= 15 is 0 Å². The molecule has 1 N–H and O–H groups in total. The third kappa shape index (κ3) is 4.21. The summed E-state index contributed by atoms with van der Waals surface area (Å²) in [6, 6.07) is 5.04. The Kier molecular flexibility index (Phi) is 4.92. The van der Waals surface area contributed by atoms with Crippen molar-refractivity contribution >= 4 is 28.7 Å². The molecule has 2 aliphatic heterocycles. The lowest BCUT2D eigenvalue weighted by Crippen LogP contribution is -2.52. The van der Waals surface area contributed by atoms with E-state index in [4.69, 9.17) is 9.15 Å². The van der Waals surface area contributed by atoms with Crippen LogP contribution in [-0.2, 0) is 11.3 Å². The van der Waals surface area contributed by atoms with E-state index in [1.54, 1.807) is 0 Å². The van der Waals surface area contributed by atoms with Crippen molar-refractivity contribution in [2.75, 3.05) is 0 Å². The van der Waals surface area contributed by atoms with Crippen LogP contribution >= 0.6 is 22.6 Å². The molecule has 2 atom stereocenters. The summed E-state index contributed by atoms with van der Waals surface area (Å²) < 4.78 is 12.1. The van der Waals surface area contributed by atoms with E-state index in [0.717, 1.165) is 41.8 Å². The molecule has 1 aromatic heterocycles. The van der Waals surface area contributed by atoms with Gasteiger partial charge >= 0.3 is 6.09 Å². The molecule has 3 heterocycles. The molecule has 0 radical (unpaired) electrons. The van der Waals surface area contributed by atoms with E-state index < -0.39 is 5.60 Å². The zero-order chi connectivity index (χ0) is 16.6. The van der Waals surface area contributed by atoms with Crippen LogP contribution in [0.25, 0.3) is 0 Å². The summed E-state index contributed by atoms with van der Waals surface area (Å²) >= 11 is 2.18. The van der Waals surface area contributed by atoms with Gasteiger partial charge in [0.2, 0.25) is 0 Å². The maximum atomic E-state index is 12.4. The molecule has 5 nitrogen and oxygen atoms in total. The van der Waals surface area contributed by atoms with Crippen molar-refractivity contribution in [2.45, 2.75) is 76.7 Å². The van der Waals surface area contributed by atoms with Crippen LogP contribution in [0.15, 0.2) is 16.5 Å². The minimum absolute atomic E-state index is 0.149. The lowest BCUT2D eigenvalue weighted by atomic mass is 9.97. The molecule has 2 unspecified atom stereocenters. The number of hydrogen-bond donors (Lipinski definition) is 1. The number of furan rings is 1. The van der Waals surface area contributed by atoms with Crippen molar-refractivity contribution in [1.82, 2.24) is 10.2 Å². The summed E-state index contributed by atoms with van der Waals surface area (Å²) in [5.74, 6) is 0.969. The van der Waals surface area contributed by atoms with E-state index in [0.29, 0.717) is 18.1 Å². The minimum Gasteiger partial charge on any atom is -0.454 e. The first-order valence-corrected chi connectivity index (χ1v) is 9.38. The monoisotopic (exact) mass is 432 g/mol. The second-order valence-electron chi connectivity index (χ2n) is 7.53. The predicted molar refractivity (Wildman–Crippen MR) is 96.2 cm³/mol. The second-order valence-corrected chi connectivity index (χ2v) is 8.59. The SMILES string of the molecule is CC(C)(C)OC(=O)N1C2CCC1CC(NCc1ccc(I)o1)C2. The van der Waals surface area contributed by atoms with Crippen LogP contribution in [-0.4, -0.2) is 34.7 Å². The third-order valence-corrected chi connectivity index (χ3v) is 5.11. The highest BCUT2D eigenvalue weighted by Crippen LogP contribution is 2.36. The van der Waals surface area contributed by atoms with Gasteiger partial charge in [0.25, 0.3) is 0 Å². The molecule has 0 spiro atoms. The Balaban J connectivity index is 1.55. The molecule has 0 aliphatic carbocycles. The summed E-state index contributed by atoms with van der Waals surface area (Å²) in [7, 11) is 0. The molecule has 128 valence electrons. The first-order chi connectivity index (χ1) is 10.8. The van der Waals surface area contributed by atoms with Crippen LogP contribution in [0, 0.1) is 3.77 Å². The van der Waals surface area contributed by atoms with Gasteiger partial charge in [-0.05, 0) is 81.2 Å². The van der Waals surface area contributed by atoms with Gasteiger partial charge in [-0.15, -0.1) is 0 Å². The molecule has 1 aromatic rings. The van der Waals surface area contributed by atoms with Crippen molar-refractivity contribution < 1.29 is 13.9 Å². The predicted octanol–water partition coefficient (Wildman–Crippen LogP) is 3.90. The molecular weight excluding hydrogens is 407 g/mol. The van der Waals surface area contributed by atoms with Crippen LogP contribution in [0.1, 0.15) is 52.2 Å². The van der Waals surface area contributed by atoms with Gasteiger partial charge in [-0.1, -0.05) is 0 Å². The average Bonchev–Trinajstić information content (AvgIpc) is 2.96. The quantitative estimate of drug-likeness (QED) is 0.737. The smallest absolute Gasteiger partial charge is 0.410 e. The van der Waals surface area contributed by atoms with E-state index in [9.17, 15) is 4.79 Å². The Hall–Kier alpha value is -0.760. The number of fused-ring (bicyclic) bond motifs is 2. The lowest BCUT2D eigenvalue weighted by Gasteiger charge is -2.39. The number of hydrogen-bond acceptors (Lipinski definition) is 4. The fraction of sp³-hybridized carbons (Fsp3) is 0.706. The number of carbonyl (C=O) groups excluding carboxylic acids is 1. The third-order valence-electron chi connectivity index (χ3n) is 4.53. The molecule has 0 saturated carbocycles. The topological polar surface area (TPSA) is 54.7 Å². The van der Waals surface area contributed by atoms with Crippen molar-refractivity contribution in [3.8, 4) is 0 Å². The summed E-state index contributed by atoms with van der Waals surface area (Å²) in [6.45, 7) is 6.52. The number of halogens is 1. The van der Waals surface area contributed by atoms with Crippen LogP contribution in [0.3, 0.4) is 0 Å². The van der Waals surface area contributed by atoms with Crippen LogP contribution in [0.5, 0.6) is 0 Å². The Bertz CT molecular complexity index is 552. The molecule has 3 rings (SSSR count). The first kappa shape index (κ1) is 17.1. The van der Waals surface area contributed by atoms with Gasteiger partial charge in [-0.3, -0.25) is 0 Å². The summed E-state index contributed by atoms with van der Waals surface area (Å²) in [5.41, 5.74) is -0.429. The maximum absolute atomic E-state index is 12.4. The molecule has 2 aliphatic rings. The molecule has 1 amide bonds. The number of ether oxygens (including phenoxy) is 1. The van der Waals surface area contributed by atoms with E-state index in [1.165, 1.54) is 0 Å². The van der Waals surface area contributed by atoms with E-state index in [1.807, 2.05) is 37.8 Å². The lowest BCUT2D eigenvalue weighted by molar-refractivity contribution is 0.00458. The van der Waals surface area contributed by atoms with Gasteiger partial charge in [-0.25, -0.2) is 4.79 Å². The summed E-state index contributed by atoms with van der Waals surface area (Å²) in [5, 5.41) is 3.58. The largest absolute Gasteiger partial charge is 0.454 e. The standard InChI is InChI=1S/C17H25IN2O3/c1-17(2,3)23-16(21)20-12-4-5-13(20)9-11(8-12)19-10-14-6-7-15(18)22-14/h6-7,11-13,19H,4-5,8-10H2,1-3H3. The highest BCUT2D eigenvalue weighted by Gasteiger charge is 2.44. The molecule has 2 fully saturated rings. The number of nitrogens with one attached hydrogen (secondary N) is 1. The fourth-order valence-corrected chi connectivity index (χ4v) is 4.11. The van der Waals surface area contributed by atoms with Gasteiger partial charge < -0.3 is 19.4 Å². The Labute approximate surface area is 151 Å². The normalized spacial score (nSPS) is 27.3. The maximum Gasteiger partial charge on any atom is 0.410 e. The summed E-state index contributed by atoms with van der Waals surface area (Å²) in [6.07, 6.45) is 4.01. The minimum atomic E-state index is -0.429. The number of carbonyl (C=O) groups is 1. The van der Waals surface area contributed by atoms with Crippen molar-refractivity contribution in [3.05, 3.63) is 21.7 Å². The molecule has 23 heavy (non-hydrogen) atoms. The Morgan fingerprint density at radius 1 is 1.35 bits per heavy atom. The van der Waals surface area contributed by atoms with Crippen molar-refractivity contribution in [3.63, 3.8) is 0 Å². The molecule has 6 heteroatoms. The van der Waals surface area contributed by atoms with E-state index in [2.05, 4.69) is 27.9 Å². The zero-order valence-corrected chi connectivity index (χ0v) is 16.1. The van der Waals surface area contributed by atoms with Gasteiger partial charge in [0.05, 0.1) is 6.54 Å². The van der Waals surface area contributed by atoms with Gasteiger partial charge in [-0.2, -0.15) is 0 Å². The van der Waals surface area contributed by atoms with Crippen LogP contribution in [0.2, 0.25) is 0 Å². The number of rotatable bonds is 3. The Morgan fingerprint density at radius 2 is 2.00 bits per heavy atom. The first-order valence-electron chi connectivity index (χ1n) is 8.31. The molecule has 2 saturated heterocycles. The zero-order valence-electron chi connectivity index (χ0n) is 14.0. The molecular formula is C17H25IN2O3. The number of piperidine rings is 1. The number of nitrogens with zero attached hydrogens (tertiary/aromatic N) is 1. The summed E-state index contributed by atoms with van der Waals surface area (Å²) in [4.78, 5) is 14.4. The van der Waals surface area contributed by atoms with Gasteiger partial charge in [0.15, 0.2) is 3.77 Å². The van der Waals surface area contributed by atoms with Crippen LogP contribution < -0.4 is 5.32 Å². The highest BCUT2D eigenvalue weighted by molar-refractivity contribution is 14.1. The average molecular weight is 432 g/mol.